The minimum absolute atomic E-state index is 0.231. The Hall–Kier alpha value is -1.27. The molecule has 0 saturated carbocycles. The zero-order valence-corrected chi connectivity index (χ0v) is 10.3. The molecule has 5 nitrogen and oxygen atoms in total. The smallest absolute Gasteiger partial charge is 0.321 e. The predicted octanol–water partition coefficient (Wildman–Crippen LogP) is 0.966. The molecule has 0 fully saturated rings. The molecule has 0 spiro atoms. The fraction of sp³-hybridized carbons (Fsp3) is 0.222. The number of hydrogen-bond donors (Lipinski definition) is 1. The molecule has 0 aromatic heterocycles. The lowest BCUT2D eigenvalue weighted by Crippen LogP contribution is -2.26. The van der Waals surface area contributed by atoms with E-state index < -0.39 is 15.1 Å². The second-order valence-electron chi connectivity index (χ2n) is 3.31. The first-order valence-electron chi connectivity index (χ1n) is 4.34. The number of carbonyl (C=O) groups is 1. The summed E-state index contributed by atoms with van der Waals surface area (Å²) in [5, 5.41) is 0. The molecule has 1 aromatic rings. The maximum absolute atomic E-state index is 11.4. The molecule has 1 rings (SSSR count). The molecule has 0 bridgehead atoms. The van der Waals surface area contributed by atoms with Crippen LogP contribution >= 0.6 is 10.7 Å². The number of hydrogen-bond acceptors (Lipinski definition) is 4. The number of carbonyl (C=O) groups excluding carboxylic acids is 1. The van der Waals surface area contributed by atoms with E-state index in [0.29, 0.717) is 0 Å². The molecule has 1 N–H and O–H groups in total. The average molecular weight is 263 g/mol. The number of nitrogens with one attached hydrogen (secondary N) is 1. The molecule has 88 valence electrons. The maximum atomic E-state index is 11.4. The summed E-state index contributed by atoms with van der Waals surface area (Å²) in [7, 11) is 4.57. The molecule has 0 saturated heterocycles. The second-order valence-corrected chi connectivity index (χ2v) is 5.61. The van der Waals surface area contributed by atoms with Gasteiger partial charge in [-0.3, -0.25) is 4.79 Å². The Bertz CT molecular complexity index is 482. The van der Waals surface area contributed by atoms with Gasteiger partial charge in [-0.25, -0.2) is 4.72 Å². The van der Waals surface area contributed by atoms with Crippen LogP contribution in [0.5, 0.6) is 0 Å². The van der Waals surface area contributed by atoms with Crippen LogP contribution in [0.15, 0.2) is 24.3 Å². The predicted molar refractivity (Wildman–Crippen MR) is 63.0 cm³/mol. The highest BCUT2D eigenvalue weighted by atomic mass is 35.7. The van der Waals surface area contributed by atoms with Crippen LogP contribution in [0, 0.1) is 0 Å². The molecule has 16 heavy (non-hydrogen) atoms. The molecule has 0 atom stereocenters. The molecule has 0 aliphatic heterocycles. The monoisotopic (exact) mass is 262 g/mol. The SMILES string of the molecule is CN(C)c1ccc(C(=O)NS(=O)(=O)Cl)cc1. The topological polar surface area (TPSA) is 66.5 Å². The summed E-state index contributed by atoms with van der Waals surface area (Å²) in [5.74, 6) is -0.750. The Morgan fingerprint density at radius 2 is 1.75 bits per heavy atom. The third kappa shape index (κ3) is 3.71. The van der Waals surface area contributed by atoms with Crippen LogP contribution in [0.25, 0.3) is 0 Å². The van der Waals surface area contributed by atoms with Crippen molar-refractivity contribution >= 4 is 31.5 Å². The Labute approximate surface area is 98.6 Å². The van der Waals surface area contributed by atoms with E-state index >= 15 is 0 Å². The van der Waals surface area contributed by atoms with Crippen molar-refractivity contribution in [1.29, 1.82) is 0 Å². The van der Waals surface area contributed by atoms with Crippen molar-refractivity contribution in [3.8, 4) is 0 Å². The Morgan fingerprint density at radius 3 is 2.12 bits per heavy atom. The van der Waals surface area contributed by atoms with Gasteiger partial charge in [0.05, 0.1) is 0 Å². The van der Waals surface area contributed by atoms with Gasteiger partial charge >= 0.3 is 9.24 Å². The van der Waals surface area contributed by atoms with Crippen molar-refractivity contribution in [2.75, 3.05) is 19.0 Å². The lowest BCUT2D eigenvalue weighted by molar-refractivity contribution is 0.0982. The van der Waals surface area contributed by atoms with Crippen molar-refractivity contribution in [3.63, 3.8) is 0 Å². The first-order valence-corrected chi connectivity index (χ1v) is 6.64. The summed E-state index contributed by atoms with van der Waals surface area (Å²) in [5.41, 5.74) is 1.14. The zero-order valence-electron chi connectivity index (χ0n) is 8.77. The van der Waals surface area contributed by atoms with Crippen molar-refractivity contribution in [1.82, 2.24) is 4.72 Å². The van der Waals surface area contributed by atoms with E-state index in [1.165, 1.54) is 12.1 Å². The van der Waals surface area contributed by atoms with Gasteiger partial charge in [-0.15, -0.1) is 0 Å². The second kappa shape index (κ2) is 4.71. The molecule has 0 unspecified atom stereocenters. The first kappa shape index (κ1) is 12.8. The molecule has 7 heteroatoms. The van der Waals surface area contributed by atoms with Gasteiger partial charge in [-0.2, -0.15) is 8.42 Å². The average Bonchev–Trinajstić information content (AvgIpc) is 2.15. The summed E-state index contributed by atoms with van der Waals surface area (Å²) in [4.78, 5) is 13.2. The van der Waals surface area contributed by atoms with Gasteiger partial charge in [-0.05, 0) is 24.3 Å². The first-order chi connectivity index (χ1) is 7.29. The molecular weight excluding hydrogens is 252 g/mol. The summed E-state index contributed by atoms with van der Waals surface area (Å²) in [6, 6.07) is 6.45. The third-order valence-corrected chi connectivity index (χ3v) is 2.52. The quantitative estimate of drug-likeness (QED) is 0.825. The van der Waals surface area contributed by atoms with E-state index in [-0.39, 0.29) is 5.56 Å². The number of anilines is 1. The highest BCUT2D eigenvalue weighted by Gasteiger charge is 2.12. The summed E-state index contributed by atoms with van der Waals surface area (Å²) >= 11 is 0. The van der Waals surface area contributed by atoms with Gasteiger partial charge in [0.15, 0.2) is 0 Å². The van der Waals surface area contributed by atoms with Gasteiger partial charge < -0.3 is 4.90 Å². The fourth-order valence-electron chi connectivity index (χ4n) is 1.08. The van der Waals surface area contributed by atoms with E-state index in [4.69, 9.17) is 10.7 Å². The van der Waals surface area contributed by atoms with Crippen LogP contribution in [0.2, 0.25) is 0 Å². The highest BCUT2D eigenvalue weighted by molar-refractivity contribution is 8.12. The summed E-state index contributed by atoms with van der Waals surface area (Å²) in [6.07, 6.45) is 0. The van der Waals surface area contributed by atoms with Crippen LogP contribution in [0.1, 0.15) is 10.4 Å². The number of nitrogens with zero attached hydrogens (tertiary/aromatic N) is 1. The summed E-state index contributed by atoms with van der Waals surface area (Å²) < 4.78 is 22.9. The van der Waals surface area contributed by atoms with E-state index in [1.54, 1.807) is 16.9 Å². The minimum Gasteiger partial charge on any atom is -0.378 e. The highest BCUT2D eigenvalue weighted by Crippen LogP contribution is 2.12. The van der Waals surface area contributed by atoms with Gasteiger partial charge in [0.2, 0.25) is 0 Å². The van der Waals surface area contributed by atoms with Crippen LogP contribution < -0.4 is 9.62 Å². The van der Waals surface area contributed by atoms with Gasteiger partial charge in [0.1, 0.15) is 0 Å². The van der Waals surface area contributed by atoms with Crippen molar-refractivity contribution in [2.45, 2.75) is 0 Å². The fourth-order valence-corrected chi connectivity index (χ4v) is 1.63. The molecule has 1 aromatic carbocycles. The molecule has 0 aliphatic rings. The van der Waals surface area contributed by atoms with Gasteiger partial charge in [0, 0.05) is 36.0 Å². The van der Waals surface area contributed by atoms with Crippen LogP contribution in [-0.2, 0) is 9.24 Å². The van der Waals surface area contributed by atoms with Crippen LogP contribution in [0.4, 0.5) is 5.69 Å². The van der Waals surface area contributed by atoms with E-state index in [1.807, 2.05) is 19.0 Å². The van der Waals surface area contributed by atoms with E-state index in [2.05, 4.69) is 0 Å². The van der Waals surface area contributed by atoms with Gasteiger partial charge in [0.25, 0.3) is 5.91 Å². The minimum atomic E-state index is -4.04. The molecule has 0 heterocycles. The standard InChI is InChI=1S/C9H11ClN2O3S/c1-12(2)8-5-3-7(4-6-8)9(13)11-16(10,14)15/h3-6H,1-2H3,(H,11,13). The largest absolute Gasteiger partial charge is 0.378 e. The number of halogens is 1. The van der Waals surface area contributed by atoms with E-state index in [9.17, 15) is 13.2 Å². The van der Waals surface area contributed by atoms with Crippen LogP contribution in [0.3, 0.4) is 0 Å². The van der Waals surface area contributed by atoms with Crippen molar-refractivity contribution < 1.29 is 13.2 Å². The molecule has 0 radical (unpaired) electrons. The number of amides is 1. The van der Waals surface area contributed by atoms with Gasteiger partial charge in [-0.1, -0.05) is 0 Å². The maximum Gasteiger partial charge on any atom is 0.321 e. The number of benzene rings is 1. The molecular formula is C9H11ClN2O3S. The lowest BCUT2D eigenvalue weighted by Gasteiger charge is -2.12. The normalized spacial score (nSPS) is 10.9. The number of rotatable bonds is 3. The van der Waals surface area contributed by atoms with E-state index in [0.717, 1.165) is 5.69 Å². The van der Waals surface area contributed by atoms with Crippen LogP contribution in [-0.4, -0.2) is 28.4 Å². The third-order valence-electron chi connectivity index (χ3n) is 1.86. The zero-order chi connectivity index (χ0) is 12.3. The van der Waals surface area contributed by atoms with Crippen molar-refractivity contribution in [3.05, 3.63) is 29.8 Å². The lowest BCUT2D eigenvalue weighted by atomic mass is 10.2. The Kier molecular flexibility index (Phi) is 3.77. The molecule has 1 amide bonds. The molecule has 0 aliphatic carbocycles. The Balaban J connectivity index is 2.86. The van der Waals surface area contributed by atoms with Crippen molar-refractivity contribution in [2.24, 2.45) is 0 Å². The Morgan fingerprint density at radius 1 is 1.25 bits per heavy atom. The summed E-state index contributed by atoms with van der Waals surface area (Å²) in [6.45, 7) is 0.